The van der Waals surface area contributed by atoms with Crippen LogP contribution in [-0.2, 0) is 11.2 Å². The predicted molar refractivity (Wildman–Crippen MR) is 129 cm³/mol. The van der Waals surface area contributed by atoms with E-state index in [1.807, 2.05) is 36.4 Å². The number of pyridine rings is 1. The molecule has 1 fully saturated rings. The van der Waals surface area contributed by atoms with Crippen molar-refractivity contribution in [3.8, 4) is 11.4 Å². The van der Waals surface area contributed by atoms with E-state index >= 15 is 0 Å². The van der Waals surface area contributed by atoms with Crippen molar-refractivity contribution in [2.45, 2.75) is 38.7 Å². The molecule has 34 heavy (non-hydrogen) atoms. The third-order valence-corrected chi connectivity index (χ3v) is 5.70. The highest BCUT2D eigenvalue weighted by molar-refractivity contribution is 5.95. The molecule has 4 aromatic rings. The number of aryl methyl sites for hydroxylation is 1. The molecular weight excluding hydrogens is 430 g/mol. The van der Waals surface area contributed by atoms with E-state index in [1.54, 1.807) is 23.0 Å². The second-order valence-corrected chi connectivity index (χ2v) is 8.32. The monoisotopic (exact) mass is 457 g/mol. The maximum atomic E-state index is 12.7. The van der Waals surface area contributed by atoms with Gasteiger partial charge in [0.05, 0.1) is 6.10 Å². The van der Waals surface area contributed by atoms with Crippen molar-refractivity contribution in [2.24, 2.45) is 0 Å². The second-order valence-electron chi connectivity index (χ2n) is 8.32. The minimum atomic E-state index is -0.120. The summed E-state index contributed by atoms with van der Waals surface area (Å²) in [6.45, 7) is 3.41. The van der Waals surface area contributed by atoms with Gasteiger partial charge in [0.25, 0.3) is 11.7 Å². The van der Waals surface area contributed by atoms with Crippen molar-refractivity contribution in [2.75, 3.05) is 18.5 Å². The van der Waals surface area contributed by atoms with Gasteiger partial charge in [0.2, 0.25) is 0 Å². The van der Waals surface area contributed by atoms with Crippen molar-refractivity contribution < 1.29 is 9.53 Å². The molecule has 1 amide bonds. The lowest BCUT2D eigenvalue weighted by molar-refractivity contribution is 0.0858. The standard InChI is InChI=1S/C25H27N7O2/c1-2-6-19-14-22(32-25(29-19)30-23(31-32)18-8-4-11-26-15-18)28-20-9-3-7-17(13-20)24(33)27-16-21-10-5-12-34-21/h3-4,7-9,11,13-15,21,28H,2,5-6,10,12,16H2,1H3,(H,27,33)/t21-/m0/s1. The van der Waals surface area contributed by atoms with Crippen LogP contribution in [0.15, 0.2) is 54.9 Å². The fourth-order valence-electron chi connectivity index (χ4n) is 4.01. The molecule has 9 nitrogen and oxygen atoms in total. The van der Waals surface area contributed by atoms with E-state index in [4.69, 9.17) is 4.74 Å². The lowest BCUT2D eigenvalue weighted by Crippen LogP contribution is -2.31. The van der Waals surface area contributed by atoms with Gasteiger partial charge in [-0.15, -0.1) is 5.10 Å². The molecule has 1 aliphatic rings. The first-order valence-electron chi connectivity index (χ1n) is 11.6. The molecule has 0 spiro atoms. The summed E-state index contributed by atoms with van der Waals surface area (Å²) in [5.41, 5.74) is 3.10. The van der Waals surface area contributed by atoms with Crippen molar-refractivity contribution in [1.29, 1.82) is 0 Å². The van der Waals surface area contributed by atoms with Crippen LogP contribution in [0.25, 0.3) is 17.2 Å². The zero-order chi connectivity index (χ0) is 23.3. The average molecular weight is 458 g/mol. The van der Waals surface area contributed by atoms with Crippen LogP contribution in [0.1, 0.15) is 42.2 Å². The topological polar surface area (TPSA) is 106 Å². The predicted octanol–water partition coefficient (Wildman–Crippen LogP) is 3.79. The average Bonchev–Trinajstić information content (AvgIpc) is 3.54. The summed E-state index contributed by atoms with van der Waals surface area (Å²) in [4.78, 5) is 26.1. The van der Waals surface area contributed by atoms with E-state index in [1.165, 1.54) is 0 Å². The van der Waals surface area contributed by atoms with Crippen LogP contribution in [0.4, 0.5) is 11.5 Å². The van der Waals surface area contributed by atoms with Crippen LogP contribution in [0.5, 0.6) is 0 Å². The zero-order valence-electron chi connectivity index (χ0n) is 19.1. The normalized spacial score (nSPS) is 15.5. The number of fused-ring (bicyclic) bond motifs is 1. The third kappa shape index (κ3) is 4.89. The van der Waals surface area contributed by atoms with Gasteiger partial charge in [-0.1, -0.05) is 19.4 Å². The summed E-state index contributed by atoms with van der Waals surface area (Å²) in [5, 5.41) is 11.0. The first-order chi connectivity index (χ1) is 16.7. The molecule has 3 aromatic heterocycles. The summed E-state index contributed by atoms with van der Waals surface area (Å²) in [6, 6.07) is 13.2. The number of hydrogen-bond donors (Lipinski definition) is 2. The van der Waals surface area contributed by atoms with Crippen molar-refractivity contribution >= 4 is 23.2 Å². The maximum absolute atomic E-state index is 12.7. The Morgan fingerprint density at radius 1 is 1.21 bits per heavy atom. The Morgan fingerprint density at radius 3 is 2.94 bits per heavy atom. The van der Waals surface area contributed by atoms with E-state index in [0.717, 1.165) is 55.1 Å². The Hall–Kier alpha value is -3.85. The van der Waals surface area contributed by atoms with Gasteiger partial charge in [-0.3, -0.25) is 9.78 Å². The Balaban J connectivity index is 1.41. The van der Waals surface area contributed by atoms with Gasteiger partial charge in [-0.2, -0.15) is 9.50 Å². The number of anilines is 2. The lowest BCUT2D eigenvalue weighted by atomic mass is 10.1. The highest BCUT2D eigenvalue weighted by Crippen LogP contribution is 2.22. The third-order valence-electron chi connectivity index (χ3n) is 5.70. The van der Waals surface area contributed by atoms with Gasteiger partial charge in [-0.25, -0.2) is 4.98 Å². The number of amides is 1. The molecule has 1 aromatic carbocycles. The number of ether oxygens (including phenoxy) is 1. The Morgan fingerprint density at radius 2 is 2.15 bits per heavy atom. The van der Waals surface area contributed by atoms with Gasteiger partial charge in [-0.05, 0) is 49.6 Å². The molecule has 174 valence electrons. The van der Waals surface area contributed by atoms with Gasteiger partial charge in [0, 0.05) is 54.1 Å². The summed E-state index contributed by atoms with van der Waals surface area (Å²) >= 11 is 0. The van der Waals surface area contributed by atoms with Crippen molar-refractivity contribution in [3.05, 3.63) is 66.1 Å². The Labute approximate surface area is 197 Å². The number of nitrogens with one attached hydrogen (secondary N) is 2. The molecule has 0 bridgehead atoms. The smallest absolute Gasteiger partial charge is 0.254 e. The molecule has 0 aliphatic carbocycles. The molecular formula is C25H27N7O2. The van der Waals surface area contributed by atoms with Crippen LogP contribution in [0, 0.1) is 0 Å². The fraction of sp³-hybridized carbons (Fsp3) is 0.320. The largest absolute Gasteiger partial charge is 0.376 e. The van der Waals surface area contributed by atoms with Crippen LogP contribution in [0.2, 0.25) is 0 Å². The van der Waals surface area contributed by atoms with E-state index in [2.05, 4.69) is 37.6 Å². The number of hydrogen-bond acceptors (Lipinski definition) is 7. The first kappa shape index (κ1) is 22.0. The Bertz CT molecular complexity index is 1280. The minimum absolute atomic E-state index is 0.105. The summed E-state index contributed by atoms with van der Waals surface area (Å²) in [5.74, 6) is 1.68. The summed E-state index contributed by atoms with van der Waals surface area (Å²) < 4.78 is 7.28. The highest BCUT2D eigenvalue weighted by Gasteiger charge is 2.17. The first-order valence-corrected chi connectivity index (χ1v) is 11.6. The number of aromatic nitrogens is 5. The quantitative estimate of drug-likeness (QED) is 0.415. The minimum Gasteiger partial charge on any atom is -0.376 e. The number of benzene rings is 1. The zero-order valence-corrected chi connectivity index (χ0v) is 19.1. The van der Waals surface area contributed by atoms with Crippen LogP contribution in [-0.4, -0.2) is 49.7 Å². The van der Waals surface area contributed by atoms with Crippen molar-refractivity contribution in [1.82, 2.24) is 29.9 Å². The number of carbonyl (C=O) groups excluding carboxylic acids is 1. The van der Waals surface area contributed by atoms with Gasteiger partial charge < -0.3 is 15.4 Å². The van der Waals surface area contributed by atoms with Crippen LogP contribution < -0.4 is 10.6 Å². The molecule has 0 unspecified atom stereocenters. The van der Waals surface area contributed by atoms with E-state index in [9.17, 15) is 4.79 Å². The Kier molecular flexibility index (Phi) is 6.44. The number of rotatable bonds is 8. The molecule has 5 rings (SSSR count). The van der Waals surface area contributed by atoms with Gasteiger partial charge >= 0.3 is 0 Å². The van der Waals surface area contributed by atoms with Gasteiger partial charge in [0.1, 0.15) is 5.82 Å². The lowest BCUT2D eigenvalue weighted by Gasteiger charge is -2.13. The summed E-state index contributed by atoms with van der Waals surface area (Å²) in [6.07, 6.45) is 7.37. The van der Waals surface area contributed by atoms with Gasteiger partial charge in [0.15, 0.2) is 5.82 Å². The second kappa shape index (κ2) is 9.96. The molecule has 1 aliphatic heterocycles. The number of nitrogens with zero attached hydrogens (tertiary/aromatic N) is 5. The van der Waals surface area contributed by atoms with E-state index in [0.29, 0.717) is 23.7 Å². The molecule has 0 radical (unpaired) electrons. The van der Waals surface area contributed by atoms with Crippen molar-refractivity contribution in [3.63, 3.8) is 0 Å². The molecule has 2 N–H and O–H groups in total. The molecule has 0 saturated carbocycles. The molecule has 1 saturated heterocycles. The SMILES string of the molecule is CCCc1cc(Nc2cccc(C(=O)NC[C@@H]3CCCO3)c2)n2nc(-c3cccnc3)nc2n1. The molecule has 9 heteroatoms. The van der Waals surface area contributed by atoms with E-state index in [-0.39, 0.29) is 12.0 Å². The fourth-order valence-corrected chi connectivity index (χ4v) is 4.01. The maximum Gasteiger partial charge on any atom is 0.254 e. The van der Waals surface area contributed by atoms with E-state index < -0.39 is 0 Å². The van der Waals surface area contributed by atoms with Crippen LogP contribution in [0.3, 0.4) is 0 Å². The van der Waals surface area contributed by atoms with Crippen LogP contribution >= 0.6 is 0 Å². The molecule has 4 heterocycles. The molecule has 1 atom stereocenters. The number of carbonyl (C=O) groups is 1. The summed E-state index contributed by atoms with van der Waals surface area (Å²) in [7, 11) is 0. The highest BCUT2D eigenvalue weighted by atomic mass is 16.5.